The number of fused-ring (bicyclic) bond motifs is 1. The number of aromatic amines is 1. The molecule has 2 fully saturated rings. The predicted molar refractivity (Wildman–Crippen MR) is 139 cm³/mol. The van der Waals surface area contributed by atoms with E-state index in [1.54, 1.807) is 0 Å². The molecule has 0 saturated carbocycles. The van der Waals surface area contributed by atoms with Crippen LogP contribution in [-0.2, 0) is 0 Å². The summed E-state index contributed by atoms with van der Waals surface area (Å²) in [5.41, 5.74) is 9.01. The first-order chi connectivity index (χ1) is 15.9. The Morgan fingerprint density at radius 2 is 1.64 bits per heavy atom. The number of rotatable bonds is 4. The Balaban J connectivity index is 1.29. The summed E-state index contributed by atoms with van der Waals surface area (Å²) in [6, 6.07) is 10.8. The lowest BCUT2D eigenvalue weighted by Gasteiger charge is -2.42. The zero-order valence-electron chi connectivity index (χ0n) is 21.1. The molecule has 1 N–H and O–H groups in total. The van der Waals surface area contributed by atoms with Crippen LogP contribution in [0.15, 0.2) is 30.5 Å². The van der Waals surface area contributed by atoms with Gasteiger partial charge in [-0.3, -0.25) is 4.98 Å². The van der Waals surface area contributed by atoms with Gasteiger partial charge in [0.15, 0.2) is 0 Å². The quantitative estimate of drug-likeness (QED) is 0.520. The highest BCUT2D eigenvalue weighted by Gasteiger charge is 2.29. The van der Waals surface area contributed by atoms with Crippen LogP contribution in [0.1, 0.15) is 67.8 Å². The smallest absolute Gasteiger partial charge is 0.0498 e. The summed E-state index contributed by atoms with van der Waals surface area (Å²) in [4.78, 5) is 13.6. The first-order valence-corrected chi connectivity index (χ1v) is 12.9. The van der Waals surface area contributed by atoms with E-state index < -0.39 is 0 Å². The van der Waals surface area contributed by atoms with Crippen LogP contribution in [0.25, 0.3) is 22.2 Å². The summed E-state index contributed by atoms with van der Waals surface area (Å²) in [6.07, 6.45) is 7.18. The molecule has 0 radical (unpaired) electrons. The molecule has 2 aromatic heterocycles. The van der Waals surface area contributed by atoms with Crippen LogP contribution in [0.4, 0.5) is 0 Å². The second-order valence-corrected chi connectivity index (χ2v) is 10.7. The lowest BCUT2D eigenvalue weighted by molar-refractivity contribution is 0.0753. The van der Waals surface area contributed by atoms with Crippen molar-refractivity contribution in [1.82, 2.24) is 19.8 Å². The Labute approximate surface area is 199 Å². The van der Waals surface area contributed by atoms with Crippen molar-refractivity contribution in [1.29, 1.82) is 0 Å². The molecule has 2 aliphatic rings. The molecular formula is C29H40N4. The van der Waals surface area contributed by atoms with Crippen molar-refractivity contribution < 1.29 is 0 Å². The fourth-order valence-electron chi connectivity index (χ4n) is 6.14. The summed E-state index contributed by atoms with van der Waals surface area (Å²) >= 11 is 0. The highest BCUT2D eigenvalue weighted by molar-refractivity contribution is 5.91. The molecule has 4 nitrogen and oxygen atoms in total. The molecule has 0 amide bonds. The number of aryl methyl sites for hydroxylation is 2. The molecule has 4 heterocycles. The molecule has 3 aromatic rings. The van der Waals surface area contributed by atoms with Gasteiger partial charge in [0.05, 0.1) is 0 Å². The zero-order valence-corrected chi connectivity index (χ0v) is 21.1. The van der Waals surface area contributed by atoms with E-state index in [0.717, 1.165) is 11.7 Å². The number of piperidine rings is 2. The van der Waals surface area contributed by atoms with Gasteiger partial charge in [-0.25, -0.2) is 0 Å². The van der Waals surface area contributed by atoms with Crippen LogP contribution in [0.2, 0.25) is 0 Å². The van der Waals surface area contributed by atoms with Crippen LogP contribution in [-0.4, -0.2) is 58.0 Å². The highest BCUT2D eigenvalue weighted by atomic mass is 15.2. The SMILES string of the molecule is Cc1nccc(-c2[nH]c3ccc(C4CCN(C5CCN(C(C)C)CC5)CC4)cc3c2C)c1C. The molecule has 2 saturated heterocycles. The molecule has 0 atom stereocenters. The highest BCUT2D eigenvalue weighted by Crippen LogP contribution is 2.36. The van der Waals surface area contributed by atoms with Crippen molar-refractivity contribution in [2.75, 3.05) is 26.2 Å². The summed E-state index contributed by atoms with van der Waals surface area (Å²) in [6.45, 7) is 16.2. The van der Waals surface area contributed by atoms with E-state index in [9.17, 15) is 0 Å². The topological polar surface area (TPSA) is 35.2 Å². The van der Waals surface area contributed by atoms with E-state index in [0.29, 0.717) is 12.0 Å². The van der Waals surface area contributed by atoms with Crippen LogP contribution in [0.3, 0.4) is 0 Å². The van der Waals surface area contributed by atoms with Gasteiger partial charge in [-0.05, 0) is 127 Å². The molecular weight excluding hydrogens is 404 g/mol. The Morgan fingerprint density at radius 1 is 0.909 bits per heavy atom. The van der Waals surface area contributed by atoms with Crippen molar-refractivity contribution in [3.8, 4) is 11.3 Å². The lowest BCUT2D eigenvalue weighted by atomic mass is 9.87. The normalized spacial score (nSPS) is 19.7. The van der Waals surface area contributed by atoms with Crippen LogP contribution >= 0.6 is 0 Å². The number of hydrogen-bond donors (Lipinski definition) is 1. The van der Waals surface area contributed by atoms with Crippen molar-refractivity contribution in [3.63, 3.8) is 0 Å². The second kappa shape index (κ2) is 9.23. The summed E-state index contributed by atoms with van der Waals surface area (Å²) in [5.74, 6) is 0.684. The van der Waals surface area contributed by atoms with Crippen LogP contribution < -0.4 is 0 Å². The van der Waals surface area contributed by atoms with Gasteiger partial charge < -0.3 is 14.8 Å². The van der Waals surface area contributed by atoms with Gasteiger partial charge in [0, 0.05) is 46.1 Å². The molecule has 0 spiro atoms. The molecule has 0 aliphatic carbocycles. The second-order valence-electron chi connectivity index (χ2n) is 10.7. The number of hydrogen-bond acceptors (Lipinski definition) is 3. The maximum absolute atomic E-state index is 4.45. The summed E-state index contributed by atoms with van der Waals surface area (Å²) in [5, 5.41) is 1.37. The fourth-order valence-corrected chi connectivity index (χ4v) is 6.14. The van der Waals surface area contributed by atoms with E-state index >= 15 is 0 Å². The Morgan fingerprint density at radius 3 is 2.33 bits per heavy atom. The number of aromatic nitrogens is 2. The molecule has 33 heavy (non-hydrogen) atoms. The van der Waals surface area contributed by atoms with Gasteiger partial charge >= 0.3 is 0 Å². The predicted octanol–water partition coefficient (Wildman–Crippen LogP) is 6.21. The monoisotopic (exact) mass is 444 g/mol. The van der Waals surface area contributed by atoms with Crippen LogP contribution in [0.5, 0.6) is 0 Å². The van der Waals surface area contributed by atoms with Gasteiger partial charge in [0.25, 0.3) is 0 Å². The average molecular weight is 445 g/mol. The van der Waals surface area contributed by atoms with Crippen LogP contribution in [0, 0.1) is 20.8 Å². The fraction of sp³-hybridized carbons (Fsp3) is 0.552. The number of pyridine rings is 1. The first kappa shape index (κ1) is 22.6. The molecule has 4 heteroatoms. The van der Waals surface area contributed by atoms with Gasteiger partial charge in [-0.2, -0.15) is 0 Å². The summed E-state index contributed by atoms with van der Waals surface area (Å²) in [7, 11) is 0. The number of nitrogens with zero attached hydrogens (tertiary/aromatic N) is 3. The molecule has 0 unspecified atom stereocenters. The van der Waals surface area contributed by atoms with E-state index in [1.165, 1.54) is 90.7 Å². The molecule has 176 valence electrons. The Kier molecular flexibility index (Phi) is 6.32. The minimum atomic E-state index is 0.684. The number of nitrogens with one attached hydrogen (secondary N) is 1. The molecule has 2 aliphatic heterocycles. The molecule has 5 rings (SSSR count). The van der Waals surface area contributed by atoms with E-state index in [4.69, 9.17) is 0 Å². The van der Waals surface area contributed by atoms with E-state index in [2.05, 4.69) is 78.7 Å². The van der Waals surface area contributed by atoms with Gasteiger partial charge in [-0.1, -0.05) is 6.07 Å². The first-order valence-electron chi connectivity index (χ1n) is 12.9. The Bertz CT molecular complexity index is 1110. The number of likely N-dealkylation sites (tertiary alicyclic amines) is 2. The van der Waals surface area contributed by atoms with E-state index in [-0.39, 0.29) is 0 Å². The lowest BCUT2D eigenvalue weighted by Crippen LogP contribution is -2.48. The third-order valence-corrected chi connectivity index (χ3v) is 8.55. The summed E-state index contributed by atoms with van der Waals surface area (Å²) < 4.78 is 0. The third-order valence-electron chi connectivity index (χ3n) is 8.55. The minimum absolute atomic E-state index is 0.684. The van der Waals surface area contributed by atoms with Gasteiger partial charge in [0.1, 0.15) is 0 Å². The maximum atomic E-state index is 4.45. The van der Waals surface area contributed by atoms with Gasteiger partial charge in [-0.15, -0.1) is 0 Å². The minimum Gasteiger partial charge on any atom is -0.354 e. The number of benzene rings is 1. The zero-order chi connectivity index (χ0) is 23.1. The Hall–Kier alpha value is -2.17. The molecule has 0 bridgehead atoms. The van der Waals surface area contributed by atoms with Crippen molar-refractivity contribution in [2.45, 2.75) is 78.3 Å². The maximum Gasteiger partial charge on any atom is 0.0498 e. The largest absolute Gasteiger partial charge is 0.354 e. The third kappa shape index (κ3) is 4.36. The van der Waals surface area contributed by atoms with Crippen molar-refractivity contribution in [2.24, 2.45) is 0 Å². The van der Waals surface area contributed by atoms with Gasteiger partial charge in [0.2, 0.25) is 0 Å². The van der Waals surface area contributed by atoms with Crippen molar-refractivity contribution in [3.05, 3.63) is 52.8 Å². The number of H-pyrrole nitrogens is 1. The van der Waals surface area contributed by atoms with Crippen molar-refractivity contribution >= 4 is 10.9 Å². The average Bonchev–Trinajstić information content (AvgIpc) is 3.16. The molecule has 1 aromatic carbocycles. The van der Waals surface area contributed by atoms with E-state index in [1.807, 2.05) is 6.20 Å². The standard InChI is InChI=1S/C29H40N4/c1-19(2)32-16-11-25(12-17-32)33-14-9-23(10-15-33)24-6-7-28-27(18-24)21(4)29(31-28)26-8-13-30-22(5)20(26)3/h6-8,13,18-19,23,25,31H,9-12,14-17H2,1-5H3.